The number of carbonyl (C=O) groups is 1. The number of aromatic nitrogens is 3. The topological polar surface area (TPSA) is 94.2 Å². The summed E-state index contributed by atoms with van der Waals surface area (Å²) in [5, 5.41) is 0.861. The minimum Gasteiger partial charge on any atom is -0.383 e. The van der Waals surface area contributed by atoms with Gasteiger partial charge < -0.3 is 15.4 Å². The van der Waals surface area contributed by atoms with Gasteiger partial charge in [0.05, 0.1) is 48.3 Å². The molecule has 5 rings (SSSR count). The zero-order chi connectivity index (χ0) is 23.3. The quantitative estimate of drug-likeness (QED) is 0.631. The fourth-order valence-electron chi connectivity index (χ4n) is 4.71. The van der Waals surface area contributed by atoms with E-state index in [0.29, 0.717) is 23.6 Å². The van der Waals surface area contributed by atoms with Gasteiger partial charge in [-0.05, 0) is 55.5 Å². The summed E-state index contributed by atoms with van der Waals surface area (Å²) >= 11 is 0. The Morgan fingerprint density at radius 1 is 1.15 bits per heavy atom. The zero-order valence-electron chi connectivity index (χ0n) is 17.9. The van der Waals surface area contributed by atoms with E-state index >= 15 is 0 Å². The highest BCUT2D eigenvalue weighted by Gasteiger charge is 2.37. The Hall–Kier alpha value is -3.27. The summed E-state index contributed by atoms with van der Waals surface area (Å²) in [7, 11) is 0. The lowest BCUT2D eigenvalue weighted by atomic mass is 10.0. The molecule has 1 saturated heterocycles. The van der Waals surface area contributed by atoms with E-state index in [1.807, 2.05) is 6.92 Å². The summed E-state index contributed by atoms with van der Waals surface area (Å²) in [5.41, 5.74) is 8.59. The summed E-state index contributed by atoms with van der Waals surface area (Å²) in [6.07, 6.45) is 0.553. The number of morpholine rings is 1. The van der Waals surface area contributed by atoms with Crippen LogP contribution in [0.4, 0.5) is 19.0 Å². The maximum Gasteiger partial charge on any atom is 0.417 e. The monoisotopic (exact) mass is 457 g/mol. The number of aryl methyl sites for hydroxylation is 1. The number of ether oxygens (including phenoxy) is 1. The van der Waals surface area contributed by atoms with Gasteiger partial charge in [0.25, 0.3) is 5.91 Å². The number of amides is 1. The van der Waals surface area contributed by atoms with Crippen LogP contribution in [0.15, 0.2) is 30.6 Å². The van der Waals surface area contributed by atoms with Crippen molar-refractivity contribution in [1.82, 2.24) is 19.9 Å². The number of nitrogen functional groups attached to an aromatic ring is 1. The minimum absolute atomic E-state index is 0.134. The van der Waals surface area contributed by atoms with Gasteiger partial charge in [0, 0.05) is 11.6 Å². The van der Waals surface area contributed by atoms with Crippen LogP contribution < -0.4 is 5.73 Å². The molecular weight excluding hydrogens is 435 g/mol. The van der Waals surface area contributed by atoms with Crippen LogP contribution in [0.2, 0.25) is 0 Å². The van der Waals surface area contributed by atoms with Crippen molar-refractivity contribution in [3.8, 4) is 0 Å². The van der Waals surface area contributed by atoms with Gasteiger partial charge in [0.1, 0.15) is 11.5 Å². The second-order valence-corrected chi connectivity index (χ2v) is 8.48. The molecule has 2 N–H and O–H groups in total. The standard InChI is InChI=1S/C23H22F3N5O2/c1-12-10-33-11-20(17-6-5-13(8-28-17)23(24,25)26)31(12)22(32)18-7-16-14-3-2-4-15(14)21(27)30-19(16)9-29-18/h5-9,12,20H,2-4,10-11H2,1H3,(H2,27,30)/t12-,20-/m1/s1. The van der Waals surface area contributed by atoms with E-state index in [4.69, 9.17) is 10.5 Å². The van der Waals surface area contributed by atoms with Crippen molar-refractivity contribution in [2.75, 3.05) is 18.9 Å². The molecule has 0 spiro atoms. The molecule has 10 heteroatoms. The molecule has 1 amide bonds. The summed E-state index contributed by atoms with van der Waals surface area (Å²) in [5.74, 6) is 0.175. The van der Waals surface area contributed by atoms with Crippen molar-refractivity contribution in [3.63, 3.8) is 0 Å². The number of fused-ring (bicyclic) bond motifs is 3. The molecule has 1 aliphatic heterocycles. The van der Waals surface area contributed by atoms with E-state index in [0.717, 1.165) is 48.0 Å². The van der Waals surface area contributed by atoms with Gasteiger partial charge in [0.15, 0.2) is 0 Å². The maximum atomic E-state index is 13.6. The Bertz CT molecular complexity index is 1230. The summed E-state index contributed by atoms with van der Waals surface area (Å²) < 4.78 is 44.4. The fourth-order valence-corrected chi connectivity index (χ4v) is 4.71. The van der Waals surface area contributed by atoms with E-state index in [1.54, 1.807) is 17.2 Å². The lowest BCUT2D eigenvalue weighted by Crippen LogP contribution is -2.49. The van der Waals surface area contributed by atoms with Crippen LogP contribution in [-0.2, 0) is 23.8 Å². The van der Waals surface area contributed by atoms with Crippen molar-refractivity contribution in [2.24, 2.45) is 0 Å². The van der Waals surface area contributed by atoms with Crippen LogP contribution in [0.1, 0.15) is 52.3 Å². The Balaban J connectivity index is 1.51. The van der Waals surface area contributed by atoms with Gasteiger partial charge in [-0.3, -0.25) is 9.78 Å². The molecule has 0 unspecified atom stereocenters. The summed E-state index contributed by atoms with van der Waals surface area (Å²) in [6.45, 7) is 2.27. The normalized spacial score (nSPS) is 20.8. The average molecular weight is 457 g/mol. The fraction of sp³-hybridized carbons (Fsp3) is 0.391. The predicted octanol–water partition coefficient (Wildman–Crippen LogP) is 3.72. The molecule has 3 aromatic rings. The minimum atomic E-state index is -4.48. The molecule has 33 heavy (non-hydrogen) atoms. The van der Waals surface area contributed by atoms with E-state index < -0.39 is 17.8 Å². The van der Waals surface area contributed by atoms with Crippen LogP contribution in [0.5, 0.6) is 0 Å². The number of nitrogens with two attached hydrogens (primary N) is 1. The number of hydrogen-bond donors (Lipinski definition) is 1. The highest BCUT2D eigenvalue weighted by molar-refractivity contribution is 5.97. The molecular formula is C23H22F3N5O2. The third-order valence-corrected chi connectivity index (χ3v) is 6.33. The third-order valence-electron chi connectivity index (χ3n) is 6.33. The van der Waals surface area contributed by atoms with Crippen LogP contribution in [0.25, 0.3) is 10.9 Å². The molecule has 7 nitrogen and oxygen atoms in total. The zero-order valence-corrected chi connectivity index (χ0v) is 17.9. The maximum absolute atomic E-state index is 13.6. The Morgan fingerprint density at radius 2 is 1.94 bits per heavy atom. The molecule has 0 saturated carbocycles. The number of anilines is 1. The molecule has 1 aliphatic carbocycles. The van der Waals surface area contributed by atoms with E-state index in [2.05, 4.69) is 15.0 Å². The van der Waals surface area contributed by atoms with Crippen molar-refractivity contribution in [3.05, 3.63) is 58.7 Å². The predicted molar refractivity (Wildman–Crippen MR) is 114 cm³/mol. The van der Waals surface area contributed by atoms with E-state index in [1.165, 1.54) is 6.07 Å². The first-order chi connectivity index (χ1) is 15.7. The lowest BCUT2D eigenvalue weighted by molar-refractivity contribution is -0.137. The van der Waals surface area contributed by atoms with Crippen LogP contribution in [0.3, 0.4) is 0 Å². The van der Waals surface area contributed by atoms with Gasteiger partial charge >= 0.3 is 6.18 Å². The molecule has 0 radical (unpaired) electrons. The number of pyridine rings is 3. The third kappa shape index (κ3) is 3.78. The molecule has 2 aliphatic rings. The van der Waals surface area contributed by atoms with Crippen molar-refractivity contribution in [1.29, 1.82) is 0 Å². The Morgan fingerprint density at radius 3 is 2.67 bits per heavy atom. The van der Waals surface area contributed by atoms with Crippen LogP contribution >= 0.6 is 0 Å². The van der Waals surface area contributed by atoms with Crippen molar-refractivity contribution >= 4 is 22.6 Å². The molecule has 0 aromatic carbocycles. The number of rotatable bonds is 2. The first kappa shape index (κ1) is 21.6. The smallest absolute Gasteiger partial charge is 0.383 e. The average Bonchev–Trinajstić information content (AvgIpc) is 3.29. The van der Waals surface area contributed by atoms with Gasteiger partial charge in [-0.25, -0.2) is 9.97 Å². The van der Waals surface area contributed by atoms with E-state index in [-0.39, 0.29) is 24.2 Å². The molecule has 172 valence electrons. The second-order valence-electron chi connectivity index (χ2n) is 8.48. The number of carbonyl (C=O) groups excluding carboxylic acids is 1. The van der Waals surface area contributed by atoms with Gasteiger partial charge in [-0.15, -0.1) is 0 Å². The van der Waals surface area contributed by atoms with Crippen LogP contribution in [-0.4, -0.2) is 45.0 Å². The molecule has 2 atom stereocenters. The van der Waals surface area contributed by atoms with Crippen molar-refractivity contribution < 1.29 is 22.7 Å². The number of hydrogen-bond acceptors (Lipinski definition) is 6. The lowest BCUT2D eigenvalue weighted by Gasteiger charge is -2.40. The van der Waals surface area contributed by atoms with Gasteiger partial charge in [0.2, 0.25) is 0 Å². The Kier molecular flexibility index (Phi) is 5.19. The molecule has 3 aromatic heterocycles. The Labute approximate surface area is 187 Å². The highest BCUT2D eigenvalue weighted by Crippen LogP contribution is 2.34. The number of nitrogens with zero attached hydrogens (tertiary/aromatic N) is 4. The summed E-state index contributed by atoms with van der Waals surface area (Å²) in [4.78, 5) is 28.0. The number of halogens is 3. The highest BCUT2D eigenvalue weighted by atomic mass is 19.4. The first-order valence-corrected chi connectivity index (χ1v) is 10.7. The van der Waals surface area contributed by atoms with E-state index in [9.17, 15) is 18.0 Å². The SMILES string of the molecule is C[C@@H]1COC[C@H](c2ccc(C(F)(F)F)cn2)N1C(=O)c1cc2c3c(c(N)nc2cn1)CCC3. The number of alkyl halides is 3. The second kappa shape index (κ2) is 7.95. The largest absolute Gasteiger partial charge is 0.417 e. The summed E-state index contributed by atoms with van der Waals surface area (Å²) in [6, 6.07) is 3.07. The van der Waals surface area contributed by atoms with Crippen LogP contribution in [0, 0.1) is 0 Å². The molecule has 0 bridgehead atoms. The van der Waals surface area contributed by atoms with Crippen molar-refractivity contribution in [2.45, 2.75) is 44.4 Å². The molecule has 1 fully saturated rings. The van der Waals surface area contributed by atoms with Gasteiger partial charge in [-0.1, -0.05) is 0 Å². The van der Waals surface area contributed by atoms with Gasteiger partial charge in [-0.2, -0.15) is 13.2 Å². The molecule has 4 heterocycles. The first-order valence-electron chi connectivity index (χ1n) is 10.7.